The number of rotatable bonds is 10. The topological polar surface area (TPSA) is 0 Å². The molecule has 256 valence electrons. The quantitative estimate of drug-likeness (QED) is 0.121. The Morgan fingerprint density at radius 2 is 0.558 bits per heavy atom. The van der Waals surface area contributed by atoms with Gasteiger partial charge in [-0.1, -0.05) is 0 Å². The fraction of sp³-hybridized carbons (Fsp3) is 0.0204. The summed E-state index contributed by atoms with van der Waals surface area (Å²) in [6, 6.07) is 89.6. The van der Waals surface area contributed by atoms with Gasteiger partial charge in [0.1, 0.15) is 0 Å². The third-order valence-electron chi connectivity index (χ3n) is 10.9. The van der Waals surface area contributed by atoms with Gasteiger partial charge in [0, 0.05) is 0 Å². The molecule has 0 saturated carbocycles. The Bertz CT molecular complexity index is 2100. The van der Waals surface area contributed by atoms with Crippen molar-refractivity contribution in [1.29, 1.82) is 0 Å². The third kappa shape index (κ3) is 5.60. The molecule has 0 nitrogen and oxygen atoms in total. The Morgan fingerprint density at radius 1 is 0.288 bits per heavy atom. The normalized spacial score (nSPS) is 12.5. The first-order valence-electron chi connectivity index (χ1n) is 17.8. The summed E-state index contributed by atoms with van der Waals surface area (Å²) in [6.45, 7) is -3.21. The second-order valence-electron chi connectivity index (χ2n) is 13.3. The second kappa shape index (κ2) is 15.4. The van der Waals surface area contributed by atoms with Crippen LogP contribution < -0.4 is 31.8 Å². The Morgan fingerprint density at radius 3 is 0.885 bits per heavy atom. The number of hydrogen-bond acceptors (Lipinski definition) is 0. The van der Waals surface area contributed by atoms with E-state index in [1.807, 2.05) is 0 Å². The van der Waals surface area contributed by atoms with Crippen molar-refractivity contribution in [2.24, 2.45) is 0 Å². The molecule has 0 bridgehead atoms. The molecule has 8 aromatic rings. The van der Waals surface area contributed by atoms with Gasteiger partial charge in [-0.2, -0.15) is 0 Å². The van der Waals surface area contributed by atoms with E-state index in [4.69, 9.17) is 0 Å². The SMILES string of the molecule is Br.c1ccc(-c2ccc(CP(c3ccccc3)(c3ccccc3)(c3ccccc3)[PH](c3ccccc3)(c3ccccc3)c3ccccc3)cc2)cc1. The average molecular weight is 774 g/mol. The maximum atomic E-state index is 2.45. The molecule has 3 heteroatoms. The molecule has 0 saturated heterocycles. The van der Waals surface area contributed by atoms with Crippen LogP contribution >= 0.6 is 30.2 Å². The van der Waals surface area contributed by atoms with E-state index >= 15 is 0 Å². The zero-order chi connectivity index (χ0) is 34.4. The van der Waals surface area contributed by atoms with Crippen molar-refractivity contribution in [1.82, 2.24) is 0 Å². The molecule has 0 fully saturated rings. The van der Waals surface area contributed by atoms with Crippen LogP contribution in [0.5, 0.6) is 0 Å². The van der Waals surface area contributed by atoms with E-state index in [0.717, 1.165) is 6.16 Å². The van der Waals surface area contributed by atoms with E-state index in [1.165, 1.54) is 48.5 Å². The standard InChI is InChI=1S/C49H42P2.BrH/c1-8-22-42(23-9-1)43-38-36-41(37-39-43)40-51(47-30-16-5-17-31-47,48-32-18-6-19-33-48,49-34-20-7-21-35-49)50(44-24-10-2-11-25-44,45-26-12-3-13-27-45)46-28-14-4-15-29-46;/h1-39,50H,40H2;1H. The van der Waals surface area contributed by atoms with Crippen LogP contribution in [0.4, 0.5) is 0 Å². The van der Waals surface area contributed by atoms with Gasteiger partial charge in [0.25, 0.3) is 0 Å². The Labute approximate surface area is 319 Å². The fourth-order valence-electron chi connectivity index (χ4n) is 8.88. The predicted octanol–water partition coefficient (Wildman–Crippen LogP) is 10.6. The van der Waals surface area contributed by atoms with Crippen molar-refractivity contribution in [3.63, 3.8) is 0 Å². The summed E-state index contributed by atoms with van der Waals surface area (Å²) in [6.07, 6.45) is -2.88. The van der Waals surface area contributed by atoms with E-state index in [2.05, 4.69) is 237 Å². The van der Waals surface area contributed by atoms with Gasteiger partial charge in [-0.05, 0) is 0 Å². The average Bonchev–Trinajstić information content (AvgIpc) is 3.23. The molecule has 0 aliphatic rings. The van der Waals surface area contributed by atoms with Crippen LogP contribution in [0.1, 0.15) is 5.56 Å². The van der Waals surface area contributed by atoms with Crippen molar-refractivity contribution >= 4 is 62.1 Å². The zero-order valence-electron chi connectivity index (χ0n) is 29.1. The van der Waals surface area contributed by atoms with Crippen molar-refractivity contribution < 1.29 is 0 Å². The molecular weight excluding hydrogens is 730 g/mol. The molecule has 0 amide bonds. The summed E-state index contributed by atoms with van der Waals surface area (Å²) in [5, 5.41) is 8.48. The van der Waals surface area contributed by atoms with Crippen LogP contribution in [0, 0.1) is 0 Å². The van der Waals surface area contributed by atoms with Gasteiger partial charge >= 0.3 is 305 Å². The molecule has 52 heavy (non-hydrogen) atoms. The minimum absolute atomic E-state index is 0. The van der Waals surface area contributed by atoms with Gasteiger partial charge in [-0.25, -0.2) is 0 Å². The van der Waals surface area contributed by atoms with Crippen LogP contribution in [0.3, 0.4) is 0 Å². The molecule has 0 aromatic heterocycles. The molecule has 0 spiro atoms. The van der Waals surface area contributed by atoms with Crippen LogP contribution in [0.25, 0.3) is 11.1 Å². The molecule has 0 heterocycles. The van der Waals surface area contributed by atoms with Gasteiger partial charge < -0.3 is 0 Å². The van der Waals surface area contributed by atoms with E-state index in [1.54, 1.807) is 0 Å². The fourth-order valence-corrected chi connectivity index (χ4v) is 32.4. The minimum atomic E-state index is -3.74. The number of halogens is 1. The summed E-state index contributed by atoms with van der Waals surface area (Å²) in [7, 11) is 0. The zero-order valence-corrected chi connectivity index (χ0v) is 32.7. The van der Waals surface area contributed by atoms with E-state index in [0.29, 0.717) is 0 Å². The van der Waals surface area contributed by atoms with Crippen molar-refractivity contribution in [3.05, 3.63) is 242 Å². The van der Waals surface area contributed by atoms with E-state index < -0.39 is 13.2 Å². The van der Waals surface area contributed by atoms with Gasteiger partial charge in [0.2, 0.25) is 0 Å². The molecule has 0 N–H and O–H groups in total. The molecule has 0 unspecified atom stereocenters. The summed E-state index contributed by atoms with van der Waals surface area (Å²) in [5.41, 5.74) is 3.80. The van der Waals surface area contributed by atoms with Crippen LogP contribution in [-0.4, -0.2) is 0 Å². The van der Waals surface area contributed by atoms with Crippen LogP contribution in [-0.2, 0) is 6.16 Å². The van der Waals surface area contributed by atoms with Crippen molar-refractivity contribution in [3.8, 4) is 11.1 Å². The van der Waals surface area contributed by atoms with Crippen LogP contribution in [0.2, 0.25) is 0 Å². The monoisotopic (exact) mass is 772 g/mol. The first kappa shape index (κ1) is 35.5. The molecule has 0 aliphatic carbocycles. The Hall–Kier alpha value is -4.90. The van der Waals surface area contributed by atoms with Gasteiger partial charge in [0.05, 0.1) is 0 Å². The van der Waals surface area contributed by atoms with Crippen LogP contribution in [0.15, 0.2) is 237 Å². The van der Waals surface area contributed by atoms with Gasteiger partial charge in [-0.15, -0.1) is 17.0 Å². The van der Waals surface area contributed by atoms with Crippen molar-refractivity contribution in [2.75, 3.05) is 0 Å². The molecular formula is C49H43BrP2. The number of benzene rings is 8. The molecule has 0 radical (unpaired) electrons. The molecule has 8 aromatic carbocycles. The summed E-state index contributed by atoms with van der Waals surface area (Å²) in [4.78, 5) is 0. The molecule has 0 aliphatic heterocycles. The maximum absolute atomic E-state index is 3.74. The van der Waals surface area contributed by atoms with Gasteiger partial charge in [0.15, 0.2) is 0 Å². The Kier molecular flexibility index (Phi) is 10.5. The van der Waals surface area contributed by atoms with E-state index in [-0.39, 0.29) is 17.0 Å². The number of hydrogen-bond donors (Lipinski definition) is 0. The van der Waals surface area contributed by atoms with E-state index in [9.17, 15) is 0 Å². The summed E-state index contributed by atoms with van der Waals surface area (Å²) < 4.78 is 0. The molecule has 8 rings (SSSR count). The van der Waals surface area contributed by atoms with Crippen molar-refractivity contribution in [2.45, 2.75) is 6.16 Å². The second-order valence-corrected chi connectivity index (χ2v) is 25.9. The first-order valence-corrected chi connectivity index (χ1v) is 23.0. The first-order chi connectivity index (χ1) is 25.3. The predicted molar refractivity (Wildman–Crippen MR) is 238 cm³/mol. The third-order valence-corrected chi connectivity index (χ3v) is 30.7. The Balaban J connectivity index is 0.00000420. The summed E-state index contributed by atoms with van der Waals surface area (Å²) >= 11 is 0. The van der Waals surface area contributed by atoms with Gasteiger partial charge in [-0.3, -0.25) is 0 Å². The summed E-state index contributed by atoms with van der Waals surface area (Å²) in [5.74, 6) is 0. The molecule has 0 atom stereocenters.